The fourth-order valence-electron chi connectivity index (χ4n) is 2.86. The Kier molecular flexibility index (Phi) is 2.92. The number of fused-ring (bicyclic) bond motifs is 1. The van der Waals surface area contributed by atoms with Crippen LogP contribution in [-0.4, -0.2) is 16.8 Å². The number of benzene rings is 1. The Hall–Kier alpha value is -1.61. The number of nitrogens with zero attached hydrogens (tertiary/aromatic N) is 2. The van der Waals surface area contributed by atoms with Crippen molar-refractivity contribution < 1.29 is 0 Å². The van der Waals surface area contributed by atoms with Crippen LogP contribution in [0.3, 0.4) is 0 Å². The first-order valence-electron chi connectivity index (χ1n) is 6.52. The van der Waals surface area contributed by atoms with Crippen molar-refractivity contribution in [3.63, 3.8) is 0 Å². The second kappa shape index (κ2) is 4.58. The summed E-state index contributed by atoms with van der Waals surface area (Å²) in [6, 6.07) is 11.2. The van der Waals surface area contributed by atoms with Crippen LogP contribution >= 0.6 is 0 Å². The van der Waals surface area contributed by atoms with E-state index in [1.54, 1.807) is 0 Å². The third-order valence-corrected chi connectivity index (χ3v) is 3.92. The largest absolute Gasteiger partial charge is 0.312 e. The van der Waals surface area contributed by atoms with Gasteiger partial charge < -0.3 is 5.32 Å². The van der Waals surface area contributed by atoms with Gasteiger partial charge in [-0.25, -0.2) is 0 Å². The minimum atomic E-state index is 0.351. The molecule has 1 aliphatic rings. The molecule has 0 fully saturated rings. The van der Waals surface area contributed by atoms with Crippen molar-refractivity contribution >= 4 is 0 Å². The average Bonchev–Trinajstić information content (AvgIpc) is 2.77. The van der Waals surface area contributed by atoms with Gasteiger partial charge in [0.05, 0.1) is 11.7 Å². The highest BCUT2D eigenvalue weighted by Gasteiger charge is 2.28. The van der Waals surface area contributed by atoms with Gasteiger partial charge in [-0.2, -0.15) is 5.10 Å². The van der Waals surface area contributed by atoms with Crippen LogP contribution in [0.2, 0.25) is 0 Å². The molecule has 0 radical (unpaired) electrons. The van der Waals surface area contributed by atoms with Crippen LogP contribution in [0.15, 0.2) is 36.5 Å². The Morgan fingerprint density at radius 2 is 2.22 bits per heavy atom. The first-order chi connectivity index (χ1) is 8.78. The van der Waals surface area contributed by atoms with Gasteiger partial charge in [0.25, 0.3) is 0 Å². The smallest absolute Gasteiger partial charge is 0.0793 e. The summed E-state index contributed by atoms with van der Waals surface area (Å²) in [7, 11) is 3.98. The third kappa shape index (κ3) is 1.95. The van der Waals surface area contributed by atoms with Crippen LogP contribution in [0.4, 0.5) is 0 Å². The van der Waals surface area contributed by atoms with E-state index in [1.165, 1.54) is 17.5 Å². The van der Waals surface area contributed by atoms with Crippen molar-refractivity contribution in [3.8, 4) is 0 Å². The molecule has 2 aromatic rings. The zero-order chi connectivity index (χ0) is 12.5. The van der Waals surface area contributed by atoms with Crippen LogP contribution in [-0.2, 0) is 13.5 Å². The molecule has 0 amide bonds. The monoisotopic (exact) mass is 241 g/mol. The quantitative estimate of drug-likeness (QED) is 0.891. The van der Waals surface area contributed by atoms with Crippen molar-refractivity contribution in [1.82, 2.24) is 15.1 Å². The fraction of sp³-hybridized carbons (Fsp3) is 0.400. The van der Waals surface area contributed by atoms with Crippen LogP contribution < -0.4 is 5.32 Å². The summed E-state index contributed by atoms with van der Waals surface area (Å²) in [5.74, 6) is 0.681. The summed E-state index contributed by atoms with van der Waals surface area (Å²) in [6.07, 6.45) is 4.35. The molecule has 1 N–H and O–H groups in total. The molecular weight excluding hydrogens is 222 g/mol. The molecule has 3 nitrogen and oxygen atoms in total. The van der Waals surface area contributed by atoms with Gasteiger partial charge in [0.15, 0.2) is 0 Å². The number of nitrogens with one attached hydrogen (secondary N) is 1. The molecule has 94 valence electrons. The second-order valence-corrected chi connectivity index (χ2v) is 5.09. The van der Waals surface area contributed by atoms with Gasteiger partial charge >= 0.3 is 0 Å². The molecule has 1 aromatic carbocycles. The molecule has 1 heterocycles. The van der Waals surface area contributed by atoms with Crippen LogP contribution in [0.5, 0.6) is 0 Å². The summed E-state index contributed by atoms with van der Waals surface area (Å²) >= 11 is 0. The summed E-state index contributed by atoms with van der Waals surface area (Å²) in [4.78, 5) is 0. The lowest BCUT2D eigenvalue weighted by atomic mass is 9.74. The molecular formula is C15H19N3. The molecule has 0 bridgehead atoms. The maximum Gasteiger partial charge on any atom is 0.0793 e. The van der Waals surface area contributed by atoms with Crippen LogP contribution in [0.25, 0.3) is 0 Å². The Labute approximate surface area is 108 Å². The Bertz CT molecular complexity index is 544. The average molecular weight is 241 g/mol. The van der Waals surface area contributed by atoms with E-state index in [2.05, 4.69) is 40.7 Å². The van der Waals surface area contributed by atoms with Crippen molar-refractivity contribution in [3.05, 3.63) is 53.3 Å². The van der Waals surface area contributed by atoms with Crippen molar-refractivity contribution in [1.29, 1.82) is 0 Å². The van der Waals surface area contributed by atoms with Crippen molar-refractivity contribution in [2.75, 3.05) is 7.05 Å². The highest BCUT2D eigenvalue weighted by Crippen LogP contribution is 2.40. The van der Waals surface area contributed by atoms with E-state index in [9.17, 15) is 0 Å². The van der Waals surface area contributed by atoms with Gasteiger partial charge in [0.1, 0.15) is 0 Å². The van der Waals surface area contributed by atoms with Gasteiger partial charge in [-0.1, -0.05) is 24.3 Å². The predicted molar refractivity (Wildman–Crippen MR) is 72.5 cm³/mol. The fourth-order valence-corrected chi connectivity index (χ4v) is 2.86. The zero-order valence-electron chi connectivity index (χ0n) is 10.9. The SMILES string of the molecule is CNC(CC1Cc2ccccc21)c1ccn(C)n1. The zero-order valence-corrected chi connectivity index (χ0v) is 10.9. The summed E-state index contributed by atoms with van der Waals surface area (Å²) in [6.45, 7) is 0. The molecule has 2 atom stereocenters. The summed E-state index contributed by atoms with van der Waals surface area (Å²) in [5, 5.41) is 7.89. The van der Waals surface area contributed by atoms with Gasteiger partial charge in [0, 0.05) is 13.2 Å². The van der Waals surface area contributed by atoms with E-state index >= 15 is 0 Å². The van der Waals surface area contributed by atoms with Gasteiger partial charge in [-0.05, 0) is 43.0 Å². The molecule has 2 unspecified atom stereocenters. The van der Waals surface area contributed by atoms with E-state index < -0.39 is 0 Å². The van der Waals surface area contributed by atoms with E-state index in [4.69, 9.17) is 0 Å². The van der Waals surface area contributed by atoms with Gasteiger partial charge in [-0.3, -0.25) is 4.68 Å². The van der Waals surface area contributed by atoms with E-state index in [0.717, 1.165) is 12.1 Å². The number of aryl methyl sites for hydroxylation is 1. The molecule has 0 saturated carbocycles. The topological polar surface area (TPSA) is 29.9 Å². The van der Waals surface area contributed by atoms with E-state index in [-0.39, 0.29) is 0 Å². The minimum Gasteiger partial charge on any atom is -0.312 e. The van der Waals surface area contributed by atoms with E-state index in [1.807, 2.05) is 25.0 Å². The Morgan fingerprint density at radius 3 is 2.89 bits per heavy atom. The van der Waals surface area contributed by atoms with E-state index in [0.29, 0.717) is 12.0 Å². The lowest BCUT2D eigenvalue weighted by Crippen LogP contribution is -2.25. The Morgan fingerprint density at radius 1 is 1.39 bits per heavy atom. The van der Waals surface area contributed by atoms with Crippen molar-refractivity contribution in [2.45, 2.75) is 24.8 Å². The maximum absolute atomic E-state index is 4.50. The molecule has 18 heavy (non-hydrogen) atoms. The third-order valence-electron chi connectivity index (χ3n) is 3.92. The number of hydrogen-bond donors (Lipinski definition) is 1. The molecule has 3 rings (SSSR count). The molecule has 3 heteroatoms. The lowest BCUT2D eigenvalue weighted by molar-refractivity contribution is 0.442. The number of rotatable bonds is 4. The first kappa shape index (κ1) is 11.5. The molecule has 0 aliphatic heterocycles. The summed E-state index contributed by atoms with van der Waals surface area (Å²) in [5.41, 5.74) is 4.18. The minimum absolute atomic E-state index is 0.351. The van der Waals surface area contributed by atoms with Crippen LogP contribution in [0.1, 0.15) is 35.2 Å². The van der Waals surface area contributed by atoms with Gasteiger partial charge in [-0.15, -0.1) is 0 Å². The van der Waals surface area contributed by atoms with Crippen LogP contribution in [0, 0.1) is 0 Å². The summed E-state index contributed by atoms with van der Waals surface area (Å²) < 4.78 is 1.87. The maximum atomic E-state index is 4.50. The van der Waals surface area contributed by atoms with Gasteiger partial charge in [0.2, 0.25) is 0 Å². The van der Waals surface area contributed by atoms with Crippen molar-refractivity contribution in [2.24, 2.45) is 7.05 Å². The number of hydrogen-bond acceptors (Lipinski definition) is 2. The molecule has 0 spiro atoms. The normalized spacial score (nSPS) is 19.1. The predicted octanol–water partition coefficient (Wildman–Crippen LogP) is 2.41. The highest BCUT2D eigenvalue weighted by molar-refractivity contribution is 5.40. The molecule has 1 aliphatic carbocycles. The highest BCUT2D eigenvalue weighted by atomic mass is 15.3. The standard InChI is InChI=1S/C15H19N3/c1-16-15(14-7-8-18(2)17-14)10-12-9-11-5-3-4-6-13(11)12/h3-8,12,15-16H,9-10H2,1-2H3. The first-order valence-corrected chi connectivity index (χ1v) is 6.52. The molecule has 1 aromatic heterocycles. The number of aromatic nitrogens is 2. The molecule has 0 saturated heterocycles. The second-order valence-electron chi connectivity index (χ2n) is 5.09. The lowest BCUT2D eigenvalue weighted by Gasteiger charge is -2.32. The Balaban J connectivity index is 1.73.